The molecule has 0 fully saturated rings. The zero-order valence-corrected chi connectivity index (χ0v) is 23.9. The first kappa shape index (κ1) is 35.6. The van der Waals surface area contributed by atoms with Crippen molar-refractivity contribution in [2.45, 2.75) is 156 Å². The van der Waals surface area contributed by atoms with Crippen LogP contribution in [0.1, 0.15) is 156 Å². The molecule has 0 rings (SSSR count). The van der Waals surface area contributed by atoms with Gasteiger partial charge in [0.05, 0.1) is 26.7 Å². The number of carboxylic acid groups (broad SMARTS) is 1. The minimum Gasteiger partial charge on any atom is -0.550 e. The Kier molecular flexibility index (Phi) is 29.9. The van der Waals surface area contributed by atoms with E-state index in [-0.39, 0.29) is 6.42 Å². The average Bonchev–Trinajstić information content (AvgIpc) is 2.82. The Balaban J connectivity index is 0. The lowest BCUT2D eigenvalue weighted by Gasteiger charge is -2.34. The predicted octanol–water partition coefficient (Wildman–Crippen LogP) is 7.41. The van der Waals surface area contributed by atoms with Crippen molar-refractivity contribution in [1.82, 2.24) is 0 Å². The van der Waals surface area contributed by atoms with Crippen LogP contribution in [0.25, 0.3) is 0 Å². The van der Waals surface area contributed by atoms with Crippen LogP contribution < -0.4 is 5.11 Å². The Labute approximate surface area is 214 Å². The molecule has 4 nitrogen and oxygen atoms in total. The van der Waals surface area contributed by atoms with E-state index >= 15 is 0 Å². The summed E-state index contributed by atoms with van der Waals surface area (Å²) in [5.74, 6) is -0.995. The van der Waals surface area contributed by atoms with E-state index in [1.54, 1.807) is 0 Å². The van der Waals surface area contributed by atoms with Gasteiger partial charge in [0.1, 0.15) is 6.54 Å². The summed E-state index contributed by atoms with van der Waals surface area (Å²) in [6.45, 7) is 9.91. The molecule has 0 aliphatic carbocycles. The van der Waals surface area contributed by atoms with Gasteiger partial charge in [-0.1, -0.05) is 124 Å². The zero-order chi connectivity index (χ0) is 25.8. The molecule has 206 valence electrons. The molecule has 0 atom stereocenters. The van der Waals surface area contributed by atoms with E-state index in [9.17, 15) is 15.0 Å². The molecular weight excluding hydrogens is 422 g/mol. The number of carbonyl (C=O) groups excluding carboxylic acids is 1. The first-order valence-electron chi connectivity index (χ1n) is 15.1. The van der Waals surface area contributed by atoms with Gasteiger partial charge in [-0.25, -0.2) is 0 Å². The summed E-state index contributed by atoms with van der Waals surface area (Å²) < 4.78 is 1.09. The lowest BCUT2D eigenvalue weighted by Crippen LogP contribution is -2.47. The van der Waals surface area contributed by atoms with E-state index in [1.165, 1.54) is 148 Å². The van der Waals surface area contributed by atoms with Gasteiger partial charge in [-0.2, -0.15) is 0 Å². The molecule has 0 saturated carbocycles. The molecule has 0 bridgehead atoms. The maximum atomic E-state index is 9.51. The second-order valence-electron chi connectivity index (χ2n) is 10.6. The van der Waals surface area contributed by atoms with E-state index in [4.69, 9.17) is 0 Å². The third-order valence-corrected chi connectivity index (χ3v) is 7.03. The van der Waals surface area contributed by atoms with Crippen LogP contribution in [0.4, 0.5) is 0 Å². The molecule has 0 radical (unpaired) electrons. The highest BCUT2D eigenvalue weighted by molar-refractivity contribution is 5.63. The van der Waals surface area contributed by atoms with Gasteiger partial charge in [0.15, 0.2) is 0 Å². The highest BCUT2D eigenvalue weighted by Crippen LogP contribution is 2.15. The minimum absolute atomic E-state index is 0.111. The van der Waals surface area contributed by atoms with Crippen LogP contribution in [-0.2, 0) is 4.79 Å². The largest absolute Gasteiger partial charge is 0.550 e. The second kappa shape index (κ2) is 28.6. The molecule has 0 aliphatic rings. The average molecular weight is 486 g/mol. The summed E-state index contributed by atoms with van der Waals surface area (Å²) in [5.41, 5.74) is 0. The van der Waals surface area contributed by atoms with Crippen molar-refractivity contribution >= 4 is 5.97 Å². The number of hydrogen-bond acceptors (Lipinski definition) is 3. The lowest BCUT2D eigenvalue weighted by molar-refractivity contribution is -0.910. The number of unbranched alkanes of at least 4 members (excludes halogenated alkanes) is 18. The van der Waals surface area contributed by atoms with Crippen molar-refractivity contribution in [1.29, 1.82) is 0 Å². The fraction of sp³-hybridized carbons (Fsp3) is 0.967. The number of hydrogen-bond donors (Lipinski definition) is 1. The molecule has 0 amide bonds. The monoisotopic (exact) mass is 485 g/mol. The number of rotatable bonds is 25. The van der Waals surface area contributed by atoms with Crippen LogP contribution >= 0.6 is 0 Å². The Morgan fingerprint density at radius 2 is 0.824 bits per heavy atom. The fourth-order valence-electron chi connectivity index (χ4n) is 4.54. The second-order valence-corrected chi connectivity index (χ2v) is 10.6. The van der Waals surface area contributed by atoms with Crippen molar-refractivity contribution in [3.8, 4) is 0 Å². The maximum Gasteiger partial charge on any atom is 0.102 e. The van der Waals surface area contributed by atoms with E-state index < -0.39 is 5.97 Å². The Morgan fingerprint density at radius 1 is 0.559 bits per heavy atom. The summed E-state index contributed by atoms with van der Waals surface area (Å²) in [7, 11) is 2.37. The van der Waals surface area contributed by atoms with E-state index in [1.807, 2.05) is 0 Å². The molecule has 0 spiro atoms. The van der Waals surface area contributed by atoms with Gasteiger partial charge in [-0.15, -0.1) is 0 Å². The van der Waals surface area contributed by atoms with Gasteiger partial charge < -0.3 is 19.5 Å². The molecular formula is C30H63NO3. The molecule has 34 heavy (non-hydrogen) atoms. The van der Waals surface area contributed by atoms with Crippen molar-refractivity contribution in [2.24, 2.45) is 0 Å². The van der Waals surface area contributed by atoms with E-state index in [0.29, 0.717) is 6.61 Å². The molecule has 0 saturated heterocycles. The summed E-state index contributed by atoms with van der Waals surface area (Å²) in [6, 6.07) is 0. The number of carboxylic acids is 1. The van der Waals surface area contributed by atoms with Crippen molar-refractivity contribution in [2.75, 3.05) is 33.3 Å². The summed E-state index contributed by atoms with van der Waals surface area (Å²) >= 11 is 0. The highest BCUT2D eigenvalue weighted by Gasteiger charge is 2.19. The quantitative estimate of drug-likeness (QED) is 0.108. The fourth-order valence-corrected chi connectivity index (χ4v) is 4.54. The van der Waals surface area contributed by atoms with E-state index in [0.717, 1.165) is 11.0 Å². The maximum absolute atomic E-state index is 9.51. The molecule has 0 heterocycles. The summed E-state index contributed by atoms with van der Waals surface area (Å²) in [4.78, 5) is 9.26. The Morgan fingerprint density at radius 3 is 1.06 bits per heavy atom. The third kappa shape index (κ3) is 29.4. The van der Waals surface area contributed by atoms with E-state index in [2.05, 4.69) is 20.9 Å². The minimum atomic E-state index is -0.995. The summed E-state index contributed by atoms with van der Waals surface area (Å²) in [5, 5.41) is 18.8. The molecule has 0 aromatic rings. The number of aliphatic hydroxyl groups is 1. The van der Waals surface area contributed by atoms with Crippen molar-refractivity contribution < 1.29 is 19.5 Å². The van der Waals surface area contributed by atoms with Crippen LogP contribution in [0.5, 0.6) is 0 Å². The molecule has 1 N–H and O–H groups in total. The van der Waals surface area contributed by atoms with Crippen LogP contribution in [0, 0.1) is 0 Å². The molecule has 0 aromatic carbocycles. The van der Waals surface area contributed by atoms with Crippen LogP contribution in [0.15, 0.2) is 0 Å². The van der Waals surface area contributed by atoms with Gasteiger partial charge in [0, 0.05) is 5.97 Å². The highest BCUT2D eigenvalue weighted by atomic mass is 16.4. The SMILES string of the molecule is CCC(=O)[O-].CCCCCCCCCCCC[N+](C)(CCO)CCCCCCCCCCCC. The number of nitrogens with zero attached hydrogens (tertiary/aromatic N) is 1. The standard InChI is InChI=1S/C27H58NO.C3H6O2/c1-4-6-8-10-12-14-16-18-20-22-24-28(3,26-27-29)25-23-21-19-17-15-13-11-9-7-5-2;1-2-3(4)5/h29H,4-27H2,1-3H3;2H2,1H3,(H,4,5)/q+1;/p-1. The van der Waals surface area contributed by atoms with Crippen molar-refractivity contribution in [3.05, 3.63) is 0 Å². The Hall–Kier alpha value is -0.610. The lowest BCUT2D eigenvalue weighted by atomic mass is 10.1. The molecule has 4 heteroatoms. The predicted molar refractivity (Wildman–Crippen MR) is 147 cm³/mol. The number of likely N-dealkylation sites (N-methyl/N-ethyl adjacent to an activating group) is 1. The zero-order valence-electron chi connectivity index (χ0n) is 23.9. The third-order valence-electron chi connectivity index (χ3n) is 7.03. The van der Waals surface area contributed by atoms with Gasteiger partial charge in [0.2, 0.25) is 0 Å². The molecule has 0 aromatic heterocycles. The van der Waals surface area contributed by atoms with Crippen molar-refractivity contribution in [3.63, 3.8) is 0 Å². The molecule has 0 aliphatic heterocycles. The molecule has 0 unspecified atom stereocenters. The van der Waals surface area contributed by atoms with Crippen LogP contribution in [0.3, 0.4) is 0 Å². The number of aliphatic hydroxyl groups excluding tert-OH is 1. The van der Waals surface area contributed by atoms with Gasteiger partial charge >= 0.3 is 0 Å². The topological polar surface area (TPSA) is 60.4 Å². The summed E-state index contributed by atoms with van der Waals surface area (Å²) in [6.07, 6.45) is 28.3. The van der Waals surface area contributed by atoms with Gasteiger partial charge in [-0.3, -0.25) is 0 Å². The Bertz CT molecular complexity index is 377. The van der Waals surface area contributed by atoms with Gasteiger partial charge in [0.25, 0.3) is 0 Å². The number of aliphatic carboxylic acids is 1. The first-order valence-corrected chi connectivity index (χ1v) is 15.1. The van der Waals surface area contributed by atoms with Crippen LogP contribution in [-0.4, -0.2) is 48.8 Å². The van der Waals surface area contributed by atoms with Crippen LogP contribution in [0.2, 0.25) is 0 Å². The first-order chi connectivity index (χ1) is 16.5. The van der Waals surface area contributed by atoms with Gasteiger partial charge in [-0.05, 0) is 32.1 Å². The number of carbonyl (C=O) groups is 1. The normalized spacial score (nSPS) is 11.3. The smallest absolute Gasteiger partial charge is 0.102 e. The number of quaternary nitrogens is 1.